The smallest absolute Gasteiger partial charge is 0.310 e. The zero-order valence-corrected chi connectivity index (χ0v) is 17.8. The second kappa shape index (κ2) is 9.37. The van der Waals surface area contributed by atoms with Gasteiger partial charge in [0.1, 0.15) is 5.76 Å². The van der Waals surface area contributed by atoms with Gasteiger partial charge in [-0.1, -0.05) is 31.0 Å². The van der Waals surface area contributed by atoms with E-state index >= 15 is 0 Å². The van der Waals surface area contributed by atoms with Crippen molar-refractivity contribution in [3.8, 4) is 0 Å². The third-order valence-corrected chi connectivity index (χ3v) is 6.28. The van der Waals surface area contributed by atoms with E-state index in [9.17, 15) is 14.4 Å². The van der Waals surface area contributed by atoms with Crippen LogP contribution in [0.4, 0.5) is 5.69 Å². The molecule has 1 aromatic heterocycles. The molecule has 164 valence electrons. The van der Waals surface area contributed by atoms with Crippen LogP contribution in [0.3, 0.4) is 0 Å². The molecule has 7 nitrogen and oxygen atoms in total. The number of benzene rings is 1. The number of esters is 1. The number of nitrogens with zero attached hydrogens (tertiary/aromatic N) is 2. The Labute approximate surface area is 181 Å². The third-order valence-electron chi connectivity index (χ3n) is 6.28. The topological polar surface area (TPSA) is 80.1 Å². The zero-order valence-electron chi connectivity index (χ0n) is 17.8. The van der Waals surface area contributed by atoms with Crippen molar-refractivity contribution < 1.29 is 23.5 Å². The molecule has 7 heteroatoms. The SMILES string of the molecule is CN(Cc1ccco1)C(=O)COC(=O)C1CCCCC1C(=O)N1CCc2ccccc21. The molecule has 2 unspecified atom stereocenters. The minimum Gasteiger partial charge on any atom is -0.467 e. The molecule has 2 amide bonds. The van der Waals surface area contributed by atoms with Gasteiger partial charge in [0.15, 0.2) is 6.61 Å². The summed E-state index contributed by atoms with van der Waals surface area (Å²) in [6.45, 7) is 0.620. The lowest BCUT2D eigenvalue weighted by molar-refractivity contribution is -0.159. The number of rotatable bonds is 6. The lowest BCUT2D eigenvalue weighted by Gasteiger charge is -2.32. The number of likely N-dealkylation sites (N-methyl/N-ethyl adjacent to an activating group) is 1. The number of para-hydroxylation sites is 1. The molecule has 2 heterocycles. The van der Waals surface area contributed by atoms with Gasteiger partial charge in [-0.25, -0.2) is 0 Å². The van der Waals surface area contributed by atoms with Crippen molar-refractivity contribution in [2.75, 3.05) is 25.1 Å². The van der Waals surface area contributed by atoms with Crippen molar-refractivity contribution in [3.63, 3.8) is 0 Å². The van der Waals surface area contributed by atoms with Crippen LogP contribution in [0.1, 0.15) is 37.0 Å². The Morgan fingerprint density at radius 2 is 1.87 bits per heavy atom. The zero-order chi connectivity index (χ0) is 21.8. The van der Waals surface area contributed by atoms with Crippen molar-refractivity contribution in [1.82, 2.24) is 4.90 Å². The van der Waals surface area contributed by atoms with Gasteiger partial charge in [0.05, 0.1) is 24.6 Å². The highest BCUT2D eigenvalue weighted by molar-refractivity contribution is 5.99. The molecule has 1 fully saturated rings. The van der Waals surface area contributed by atoms with E-state index in [0.717, 1.165) is 30.5 Å². The van der Waals surface area contributed by atoms with Crippen LogP contribution in [0.5, 0.6) is 0 Å². The molecule has 4 rings (SSSR count). The Bertz CT molecular complexity index is 939. The van der Waals surface area contributed by atoms with E-state index in [4.69, 9.17) is 9.15 Å². The Hall–Kier alpha value is -3.09. The van der Waals surface area contributed by atoms with Gasteiger partial charge in [-0.3, -0.25) is 14.4 Å². The lowest BCUT2D eigenvalue weighted by atomic mass is 9.78. The molecule has 2 aliphatic rings. The molecule has 1 saturated carbocycles. The fraction of sp³-hybridized carbons (Fsp3) is 0.458. The molecule has 0 N–H and O–H groups in total. The minimum absolute atomic E-state index is 0.00661. The molecule has 2 aromatic rings. The van der Waals surface area contributed by atoms with Crippen LogP contribution >= 0.6 is 0 Å². The number of ether oxygens (including phenoxy) is 1. The standard InChI is InChI=1S/C24H28N2O5/c1-25(15-18-8-6-14-30-18)22(27)16-31-24(29)20-10-4-3-9-19(20)23(28)26-13-12-17-7-2-5-11-21(17)26/h2,5-8,11,14,19-20H,3-4,9-10,12-13,15-16H2,1H3. The van der Waals surface area contributed by atoms with Crippen molar-refractivity contribution in [2.24, 2.45) is 11.8 Å². The number of hydrogen-bond donors (Lipinski definition) is 0. The van der Waals surface area contributed by atoms with E-state index in [0.29, 0.717) is 31.7 Å². The van der Waals surface area contributed by atoms with Crippen LogP contribution < -0.4 is 4.90 Å². The summed E-state index contributed by atoms with van der Waals surface area (Å²) in [5.74, 6) is -1.01. The highest BCUT2D eigenvalue weighted by Crippen LogP contribution is 2.36. The summed E-state index contributed by atoms with van der Waals surface area (Å²) >= 11 is 0. The Balaban J connectivity index is 1.36. The quantitative estimate of drug-likeness (QED) is 0.666. The normalized spacial score (nSPS) is 20.2. The van der Waals surface area contributed by atoms with Crippen molar-refractivity contribution in [2.45, 2.75) is 38.6 Å². The molecule has 2 atom stereocenters. The minimum atomic E-state index is -0.503. The van der Waals surface area contributed by atoms with Crippen LogP contribution in [-0.2, 0) is 32.1 Å². The summed E-state index contributed by atoms with van der Waals surface area (Å²) < 4.78 is 10.6. The molecule has 1 aliphatic heterocycles. The highest BCUT2D eigenvalue weighted by Gasteiger charge is 2.40. The van der Waals surface area contributed by atoms with E-state index in [1.165, 1.54) is 4.90 Å². The van der Waals surface area contributed by atoms with E-state index in [1.807, 2.05) is 29.2 Å². The van der Waals surface area contributed by atoms with Gasteiger partial charge in [0.25, 0.3) is 5.91 Å². The molecule has 1 aliphatic carbocycles. The van der Waals surface area contributed by atoms with E-state index < -0.39 is 17.8 Å². The van der Waals surface area contributed by atoms with Crippen LogP contribution in [0.15, 0.2) is 47.1 Å². The predicted octanol–water partition coefficient (Wildman–Crippen LogP) is 3.18. The summed E-state index contributed by atoms with van der Waals surface area (Å²) in [4.78, 5) is 41.8. The summed E-state index contributed by atoms with van der Waals surface area (Å²) in [5.41, 5.74) is 2.11. The van der Waals surface area contributed by atoms with Crippen LogP contribution in [0.25, 0.3) is 0 Å². The Kier molecular flexibility index (Phi) is 6.39. The van der Waals surface area contributed by atoms with E-state index in [-0.39, 0.29) is 18.4 Å². The van der Waals surface area contributed by atoms with Crippen LogP contribution in [-0.4, -0.2) is 42.9 Å². The average Bonchev–Trinajstić information content (AvgIpc) is 3.46. The maximum Gasteiger partial charge on any atom is 0.310 e. The lowest BCUT2D eigenvalue weighted by Crippen LogP contribution is -2.43. The van der Waals surface area contributed by atoms with Gasteiger partial charge in [0.2, 0.25) is 5.91 Å². The maximum absolute atomic E-state index is 13.3. The second-order valence-corrected chi connectivity index (χ2v) is 8.30. The fourth-order valence-corrected chi connectivity index (χ4v) is 4.55. The van der Waals surface area contributed by atoms with Crippen molar-refractivity contribution in [1.29, 1.82) is 0 Å². The molecule has 1 aromatic carbocycles. The molecule has 0 bridgehead atoms. The Morgan fingerprint density at radius 3 is 2.65 bits per heavy atom. The fourth-order valence-electron chi connectivity index (χ4n) is 4.55. The molecule has 0 spiro atoms. The van der Waals surface area contributed by atoms with Gasteiger partial charge in [0, 0.05) is 19.3 Å². The summed E-state index contributed by atoms with van der Waals surface area (Å²) in [5, 5.41) is 0. The van der Waals surface area contributed by atoms with Gasteiger partial charge in [-0.05, 0) is 43.0 Å². The summed E-state index contributed by atoms with van der Waals surface area (Å²) in [6.07, 6.45) is 5.46. The van der Waals surface area contributed by atoms with Crippen LogP contribution in [0.2, 0.25) is 0 Å². The summed E-state index contributed by atoms with van der Waals surface area (Å²) in [6, 6.07) is 11.5. The number of carbonyl (C=O) groups is 3. The van der Waals surface area contributed by atoms with Crippen molar-refractivity contribution >= 4 is 23.5 Å². The third kappa shape index (κ3) is 4.65. The van der Waals surface area contributed by atoms with Crippen molar-refractivity contribution in [3.05, 3.63) is 54.0 Å². The first-order valence-corrected chi connectivity index (χ1v) is 10.9. The molecule has 0 radical (unpaired) electrons. The largest absolute Gasteiger partial charge is 0.467 e. The maximum atomic E-state index is 13.3. The van der Waals surface area contributed by atoms with Crippen LogP contribution in [0, 0.1) is 11.8 Å². The number of hydrogen-bond acceptors (Lipinski definition) is 5. The first-order valence-electron chi connectivity index (χ1n) is 10.9. The second-order valence-electron chi connectivity index (χ2n) is 8.30. The average molecular weight is 424 g/mol. The summed E-state index contributed by atoms with van der Waals surface area (Å²) in [7, 11) is 1.64. The van der Waals surface area contributed by atoms with Gasteiger partial charge in [-0.15, -0.1) is 0 Å². The Morgan fingerprint density at radius 1 is 1.10 bits per heavy atom. The molecule has 0 saturated heterocycles. The number of anilines is 1. The van der Waals surface area contributed by atoms with Gasteiger partial charge < -0.3 is 19.0 Å². The number of carbonyl (C=O) groups excluding carboxylic acids is 3. The number of amides is 2. The first-order chi connectivity index (χ1) is 15.0. The van der Waals surface area contributed by atoms with Gasteiger partial charge >= 0.3 is 5.97 Å². The first kappa shape index (κ1) is 21.2. The van der Waals surface area contributed by atoms with E-state index in [2.05, 4.69) is 0 Å². The molecular weight excluding hydrogens is 396 g/mol. The van der Waals surface area contributed by atoms with Gasteiger partial charge in [-0.2, -0.15) is 0 Å². The molecular formula is C24H28N2O5. The predicted molar refractivity (Wildman–Crippen MR) is 114 cm³/mol. The molecule has 31 heavy (non-hydrogen) atoms. The highest BCUT2D eigenvalue weighted by atomic mass is 16.5. The number of fused-ring (bicyclic) bond motifs is 1. The monoisotopic (exact) mass is 424 g/mol. The van der Waals surface area contributed by atoms with E-state index in [1.54, 1.807) is 25.4 Å². The number of furan rings is 1.